The zero-order valence-electron chi connectivity index (χ0n) is 15.9. The van der Waals surface area contributed by atoms with Crippen LogP contribution in [0.15, 0.2) is 42.5 Å². The minimum atomic E-state index is -0.520. The van der Waals surface area contributed by atoms with E-state index in [1.165, 1.54) is 5.56 Å². The summed E-state index contributed by atoms with van der Waals surface area (Å²) in [5.41, 5.74) is 2.34. The zero-order valence-corrected chi connectivity index (χ0v) is 15.9. The maximum absolute atomic E-state index is 12.3. The molecule has 0 aromatic heterocycles. The van der Waals surface area contributed by atoms with Gasteiger partial charge in [-0.25, -0.2) is 0 Å². The van der Waals surface area contributed by atoms with Crippen molar-refractivity contribution in [1.82, 2.24) is 5.32 Å². The molecule has 5 nitrogen and oxygen atoms in total. The van der Waals surface area contributed by atoms with Crippen molar-refractivity contribution < 1.29 is 19.0 Å². The van der Waals surface area contributed by atoms with Crippen molar-refractivity contribution in [2.24, 2.45) is 0 Å². The van der Waals surface area contributed by atoms with Gasteiger partial charge in [0.25, 0.3) is 5.91 Å². The van der Waals surface area contributed by atoms with Crippen LogP contribution in [0.4, 0.5) is 0 Å². The minimum Gasteiger partial charge on any atom is -0.497 e. The van der Waals surface area contributed by atoms with Crippen LogP contribution in [0.3, 0.4) is 0 Å². The number of ether oxygens (including phenoxy) is 3. The number of carbonyl (C=O) groups excluding carboxylic acids is 1. The third-order valence-corrected chi connectivity index (χ3v) is 4.13. The molecule has 0 aliphatic rings. The van der Waals surface area contributed by atoms with E-state index in [2.05, 4.69) is 5.32 Å². The number of methoxy groups -OCH3 is 1. The summed E-state index contributed by atoms with van der Waals surface area (Å²) in [6, 6.07) is 13.2. The van der Waals surface area contributed by atoms with Crippen LogP contribution in [0, 0.1) is 13.8 Å². The Kier molecular flexibility index (Phi) is 7.33. The molecule has 2 aromatic carbocycles. The number of hydrogen-bond acceptors (Lipinski definition) is 4. The molecular formula is C21H27NO4. The molecule has 1 unspecified atom stereocenters. The molecule has 0 aliphatic carbocycles. The highest BCUT2D eigenvalue weighted by molar-refractivity contribution is 5.81. The van der Waals surface area contributed by atoms with Gasteiger partial charge < -0.3 is 19.5 Å². The van der Waals surface area contributed by atoms with Crippen LogP contribution in [0.2, 0.25) is 0 Å². The molecule has 0 heterocycles. The predicted octanol–water partition coefficient (Wildman–Crippen LogP) is 3.66. The summed E-state index contributed by atoms with van der Waals surface area (Å²) in [5.74, 6) is 2.01. The molecule has 0 fully saturated rings. The molecule has 5 heteroatoms. The van der Waals surface area contributed by atoms with E-state index in [4.69, 9.17) is 14.2 Å². The lowest BCUT2D eigenvalue weighted by Crippen LogP contribution is -2.39. The van der Waals surface area contributed by atoms with Crippen LogP contribution >= 0.6 is 0 Å². The Morgan fingerprint density at radius 2 is 1.81 bits per heavy atom. The molecular weight excluding hydrogens is 330 g/mol. The summed E-state index contributed by atoms with van der Waals surface area (Å²) >= 11 is 0. The Morgan fingerprint density at radius 1 is 1.04 bits per heavy atom. The first-order chi connectivity index (χ1) is 12.5. The summed E-state index contributed by atoms with van der Waals surface area (Å²) in [6.45, 7) is 6.78. The molecule has 2 rings (SSSR count). The lowest BCUT2D eigenvalue weighted by Gasteiger charge is -2.18. The minimum absolute atomic E-state index is 0.139. The number of rotatable bonds is 9. The zero-order chi connectivity index (χ0) is 18.9. The number of amides is 1. The molecule has 26 heavy (non-hydrogen) atoms. The first kappa shape index (κ1) is 19.6. The van der Waals surface area contributed by atoms with Crippen LogP contribution in [-0.2, 0) is 4.79 Å². The van der Waals surface area contributed by atoms with E-state index in [9.17, 15) is 4.79 Å². The van der Waals surface area contributed by atoms with Gasteiger partial charge in [-0.2, -0.15) is 0 Å². The molecule has 0 radical (unpaired) electrons. The number of benzene rings is 2. The van der Waals surface area contributed by atoms with Gasteiger partial charge in [-0.05, 0) is 55.7 Å². The van der Waals surface area contributed by atoms with Crippen molar-refractivity contribution in [3.63, 3.8) is 0 Å². The Balaban J connectivity index is 1.80. The van der Waals surface area contributed by atoms with E-state index >= 15 is 0 Å². The Bertz CT molecular complexity index is 730. The fraction of sp³-hybridized carbons (Fsp3) is 0.381. The van der Waals surface area contributed by atoms with Crippen LogP contribution in [0.25, 0.3) is 0 Å². The summed E-state index contributed by atoms with van der Waals surface area (Å²) < 4.78 is 16.6. The molecule has 0 aliphatic heterocycles. The highest BCUT2D eigenvalue weighted by Gasteiger charge is 2.18. The molecule has 0 saturated heterocycles. The molecule has 1 atom stereocenters. The van der Waals surface area contributed by atoms with E-state index in [0.29, 0.717) is 31.1 Å². The lowest BCUT2D eigenvalue weighted by molar-refractivity contribution is -0.128. The van der Waals surface area contributed by atoms with Crippen LogP contribution in [-0.4, -0.2) is 32.3 Å². The van der Waals surface area contributed by atoms with E-state index in [-0.39, 0.29) is 5.91 Å². The largest absolute Gasteiger partial charge is 0.497 e. The van der Waals surface area contributed by atoms with Gasteiger partial charge in [0.2, 0.25) is 0 Å². The fourth-order valence-electron chi connectivity index (χ4n) is 2.42. The van der Waals surface area contributed by atoms with Gasteiger partial charge in [0.15, 0.2) is 6.10 Å². The second-order valence-corrected chi connectivity index (χ2v) is 6.08. The van der Waals surface area contributed by atoms with Crippen molar-refractivity contribution in [3.8, 4) is 17.2 Å². The average Bonchev–Trinajstić information content (AvgIpc) is 2.66. The monoisotopic (exact) mass is 357 g/mol. The maximum Gasteiger partial charge on any atom is 0.261 e. The molecule has 0 spiro atoms. The van der Waals surface area contributed by atoms with Crippen molar-refractivity contribution >= 4 is 5.91 Å². The number of hydrogen-bond donors (Lipinski definition) is 1. The topological polar surface area (TPSA) is 56.8 Å². The first-order valence-corrected chi connectivity index (χ1v) is 8.82. The van der Waals surface area contributed by atoms with Gasteiger partial charge in [-0.15, -0.1) is 0 Å². The molecule has 0 saturated carbocycles. The van der Waals surface area contributed by atoms with Gasteiger partial charge in [-0.1, -0.05) is 19.1 Å². The lowest BCUT2D eigenvalue weighted by atomic mass is 10.1. The molecule has 140 valence electrons. The SMILES string of the molecule is CCC(Oc1ccc(C)c(C)c1)C(=O)NCCOc1cccc(OC)c1. The van der Waals surface area contributed by atoms with Crippen molar-refractivity contribution in [3.05, 3.63) is 53.6 Å². The quantitative estimate of drug-likeness (QED) is 0.696. The van der Waals surface area contributed by atoms with Gasteiger partial charge in [0.1, 0.15) is 23.9 Å². The van der Waals surface area contributed by atoms with Crippen molar-refractivity contribution in [2.45, 2.75) is 33.3 Å². The number of nitrogens with one attached hydrogen (secondary N) is 1. The highest BCUT2D eigenvalue weighted by Crippen LogP contribution is 2.19. The predicted molar refractivity (Wildman–Crippen MR) is 102 cm³/mol. The van der Waals surface area contributed by atoms with Crippen molar-refractivity contribution in [1.29, 1.82) is 0 Å². The first-order valence-electron chi connectivity index (χ1n) is 8.82. The molecule has 2 aromatic rings. The number of carbonyl (C=O) groups is 1. The summed E-state index contributed by atoms with van der Waals surface area (Å²) in [6.07, 6.45) is 0.0732. The third-order valence-electron chi connectivity index (χ3n) is 4.13. The summed E-state index contributed by atoms with van der Waals surface area (Å²) in [7, 11) is 1.61. The molecule has 1 amide bonds. The number of aryl methyl sites for hydroxylation is 2. The Labute approximate surface area is 155 Å². The second kappa shape index (κ2) is 9.70. The molecule has 1 N–H and O–H groups in total. The third kappa shape index (κ3) is 5.69. The maximum atomic E-state index is 12.3. The van der Waals surface area contributed by atoms with E-state index < -0.39 is 6.10 Å². The van der Waals surface area contributed by atoms with E-state index in [1.54, 1.807) is 13.2 Å². The van der Waals surface area contributed by atoms with Gasteiger partial charge in [0, 0.05) is 6.07 Å². The van der Waals surface area contributed by atoms with Gasteiger partial charge in [-0.3, -0.25) is 4.79 Å². The van der Waals surface area contributed by atoms with E-state index in [0.717, 1.165) is 11.3 Å². The van der Waals surface area contributed by atoms with E-state index in [1.807, 2.05) is 57.2 Å². The molecule has 0 bridgehead atoms. The standard InChI is InChI=1S/C21H27NO4/c1-5-20(26-19-10-9-15(2)16(3)13-19)21(23)22-11-12-25-18-8-6-7-17(14-18)24-4/h6-10,13-14,20H,5,11-12H2,1-4H3,(H,22,23). The highest BCUT2D eigenvalue weighted by atomic mass is 16.5. The van der Waals surface area contributed by atoms with Gasteiger partial charge in [0.05, 0.1) is 13.7 Å². The van der Waals surface area contributed by atoms with Crippen LogP contribution in [0.5, 0.6) is 17.2 Å². The normalized spacial score (nSPS) is 11.5. The average molecular weight is 357 g/mol. The Morgan fingerprint density at radius 3 is 2.50 bits per heavy atom. The van der Waals surface area contributed by atoms with Gasteiger partial charge >= 0.3 is 0 Å². The summed E-state index contributed by atoms with van der Waals surface area (Å²) in [5, 5.41) is 2.86. The van der Waals surface area contributed by atoms with Crippen LogP contribution < -0.4 is 19.5 Å². The fourth-order valence-corrected chi connectivity index (χ4v) is 2.42. The Hall–Kier alpha value is -2.69. The van der Waals surface area contributed by atoms with Crippen molar-refractivity contribution in [2.75, 3.05) is 20.3 Å². The summed E-state index contributed by atoms with van der Waals surface area (Å²) in [4.78, 5) is 12.3. The second-order valence-electron chi connectivity index (χ2n) is 6.08. The smallest absolute Gasteiger partial charge is 0.261 e. The van der Waals surface area contributed by atoms with Crippen LogP contribution in [0.1, 0.15) is 24.5 Å².